The average Bonchev–Trinajstić information content (AvgIpc) is 3.19. The second-order valence-electron chi connectivity index (χ2n) is 5.66. The number of hydrogen-bond donors (Lipinski definition) is 1. The summed E-state index contributed by atoms with van der Waals surface area (Å²) in [6.07, 6.45) is 1.48. The summed E-state index contributed by atoms with van der Waals surface area (Å²) in [7, 11) is -4.06. The molecule has 1 N–H and O–H groups in total. The first-order valence-electron chi connectivity index (χ1n) is 8.09. The summed E-state index contributed by atoms with van der Waals surface area (Å²) >= 11 is 0. The van der Waals surface area contributed by atoms with Crippen LogP contribution in [-0.2, 0) is 21.4 Å². The van der Waals surface area contributed by atoms with Gasteiger partial charge < -0.3 is 9.73 Å². The highest BCUT2D eigenvalue weighted by atomic mass is 32.2. The number of rotatable bonds is 7. The van der Waals surface area contributed by atoms with Gasteiger partial charge in [0.15, 0.2) is 0 Å². The van der Waals surface area contributed by atoms with Crippen LogP contribution in [0.3, 0.4) is 0 Å². The molecule has 2 aromatic carbocycles. The van der Waals surface area contributed by atoms with Gasteiger partial charge in [-0.2, -0.15) is 0 Å². The SMILES string of the molecule is O=C(CN(c1ccccc1)S(=O)(=O)c1ccc(F)cc1)NCc1ccco1. The van der Waals surface area contributed by atoms with Crippen molar-refractivity contribution in [3.05, 3.63) is 84.6 Å². The van der Waals surface area contributed by atoms with E-state index in [0.29, 0.717) is 11.4 Å². The molecule has 1 heterocycles. The first-order chi connectivity index (χ1) is 13.0. The molecule has 0 aliphatic carbocycles. The topological polar surface area (TPSA) is 79.6 Å². The van der Waals surface area contributed by atoms with E-state index in [-0.39, 0.29) is 11.4 Å². The molecular weight excluding hydrogens is 371 g/mol. The van der Waals surface area contributed by atoms with Crippen molar-refractivity contribution in [3.63, 3.8) is 0 Å². The molecule has 0 bridgehead atoms. The standard InChI is InChI=1S/C19H17FN2O4S/c20-15-8-10-18(11-9-15)27(24,25)22(16-5-2-1-3-6-16)14-19(23)21-13-17-7-4-12-26-17/h1-12H,13-14H2,(H,21,23). The van der Waals surface area contributed by atoms with E-state index in [9.17, 15) is 17.6 Å². The lowest BCUT2D eigenvalue weighted by Gasteiger charge is -2.24. The van der Waals surface area contributed by atoms with Crippen molar-refractivity contribution in [1.29, 1.82) is 0 Å². The summed E-state index contributed by atoms with van der Waals surface area (Å²) in [5.74, 6) is -0.492. The first kappa shape index (κ1) is 18.7. The number of hydrogen-bond acceptors (Lipinski definition) is 4. The number of furan rings is 1. The van der Waals surface area contributed by atoms with Crippen LogP contribution in [0.25, 0.3) is 0 Å². The molecule has 6 nitrogen and oxygen atoms in total. The Bertz CT molecular complexity index is 988. The van der Waals surface area contributed by atoms with Gasteiger partial charge in [0.05, 0.1) is 23.4 Å². The van der Waals surface area contributed by atoms with Crippen LogP contribution >= 0.6 is 0 Å². The Labute approximate surface area is 156 Å². The van der Waals surface area contributed by atoms with Gasteiger partial charge in [-0.15, -0.1) is 0 Å². The van der Waals surface area contributed by atoms with Gasteiger partial charge in [0.2, 0.25) is 5.91 Å². The third-order valence-electron chi connectivity index (χ3n) is 3.77. The van der Waals surface area contributed by atoms with Crippen LogP contribution in [0, 0.1) is 5.82 Å². The summed E-state index contributed by atoms with van der Waals surface area (Å²) < 4.78 is 45.3. The van der Waals surface area contributed by atoms with E-state index >= 15 is 0 Å². The zero-order chi connectivity index (χ0) is 19.3. The number of carbonyl (C=O) groups is 1. The number of carbonyl (C=O) groups excluding carboxylic acids is 1. The molecule has 0 saturated carbocycles. The maximum Gasteiger partial charge on any atom is 0.264 e. The molecule has 8 heteroatoms. The Morgan fingerprint density at radius 2 is 1.70 bits per heavy atom. The van der Waals surface area contributed by atoms with E-state index in [4.69, 9.17) is 4.42 Å². The Morgan fingerprint density at radius 1 is 1.00 bits per heavy atom. The molecule has 0 unspecified atom stereocenters. The minimum absolute atomic E-state index is 0.105. The van der Waals surface area contributed by atoms with Crippen LogP contribution in [0.15, 0.2) is 82.3 Å². The number of amides is 1. The summed E-state index contributed by atoms with van der Waals surface area (Å²) in [6, 6.07) is 16.1. The Balaban J connectivity index is 1.85. The molecule has 0 fully saturated rings. The van der Waals surface area contributed by atoms with E-state index in [1.807, 2.05) is 0 Å². The number of nitrogens with zero attached hydrogens (tertiary/aromatic N) is 1. The maximum atomic E-state index is 13.2. The van der Waals surface area contributed by atoms with E-state index < -0.39 is 28.3 Å². The van der Waals surface area contributed by atoms with Crippen molar-refractivity contribution < 1.29 is 22.0 Å². The summed E-state index contributed by atoms with van der Waals surface area (Å²) in [5, 5.41) is 2.62. The van der Waals surface area contributed by atoms with Crippen LogP contribution in [0.5, 0.6) is 0 Å². The highest BCUT2D eigenvalue weighted by Crippen LogP contribution is 2.23. The molecule has 1 amide bonds. The van der Waals surface area contributed by atoms with Gasteiger partial charge in [-0.25, -0.2) is 12.8 Å². The van der Waals surface area contributed by atoms with Crippen LogP contribution < -0.4 is 9.62 Å². The van der Waals surface area contributed by atoms with Gasteiger partial charge in [0, 0.05) is 0 Å². The van der Waals surface area contributed by atoms with Crippen molar-refractivity contribution >= 4 is 21.6 Å². The molecule has 3 rings (SSSR count). The predicted molar refractivity (Wildman–Crippen MR) is 97.9 cm³/mol. The first-order valence-corrected chi connectivity index (χ1v) is 9.53. The van der Waals surface area contributed by atoms with Crippen molar-refractivity contribution in [1.82, 2.24) is 5.32 Å². The van der Waals surface area contributed by atoms with E-state index in [0.717, 1.165) is 16.4 Å². The molecule has 0 atom stereocenters. The highest BCUT2D eigenvalue weighted by molar-refractivity contribution is 7.92. The Hall–Kier alpha value is -3.13. The van der Waals surface area contributed by atoms with Gasteiger partial charge in [-0.05, 0) is 48.5 Å². The van der Waals surface area contributed by atoms with Crippen LogP contribution in [0.4, 0.5) is 10.1 Å². The zero-order valence-corrected chi connectivity index (χ0v) is 15.0. The lowest BCUT2D eigenvalue weighted by Crippen LogP contribution is -2.40. The molecule has 1 aromatic heterocycles. The zero-order valence-electron chi connectivity index (χ0n) is 14.2. The minimum Gasteiger partial charge on any atom is -0.467 e. The van der Waals surface area contributed by atoms with Crippen LogP contribution in [-0.4, -0.2) is 20.9 Å². The van der Waals surface area contributed by atoms with Gasteiger partial charge >= 0.3 is 0 Å². The number of sulfonamides is 1. The fraction of sp³-hybridized carbons (Fsp3) is 0.105. The fourth-order valence-corrected chi connectivity index (χ4v) is 3.85. The summed E-state index contributed by atoms with van der Waals surface area (Å²) in [4.78, 5) is 12.2. The Kier molecular flexibility index (Phi) is 5.56. The maximum absolute atomic E-state index is 13.2. The molecule has 0 aliphatic heterocycles. The van der Waals surface area contributed by atoms with E-state index in [1.165, 1.54) is 18.4 Å². The van der Waals surface area contributed by atoms with Crippen molar-refractivity contribution in [2.45, 2.75) is 11.4 Å². The van der Waals surface area contributed by atoms with Crippen LogP contribution in [0.2, 0.25) is 0 Å². The molecule has 0 saturated heterocycles. The smallest absolute Gasteiger partial charge is 0.264 e. The highest BCUT2D eigenvalue weighted by Gasteiger charge is 2.27. The molecule has 27 heavy (non-hydrogen) atoms. The van der Waals surface area contributed by atoms with Crippen molar-refractivity contribution in [2.75, 3.05) is 10.8 Å². The normalized spacial score (nSPS) is 11.1. The van der Waals surface area contributed by atoms with Gasteiger partial charge in [0.1, 0.15) is 18.1 Å². The van der Waals surface area contributed by atoms with Gasteiger partial charge in [-0.1, -0.05) is 18.2 Å². The number of halogens is 1. The molecule has 0 aliphatic rings. The third kappa shape index (κ3) is 4.53. The lowest BCUT2D eigenvalue weighted by molar-refractivity contribution is -0.119. The number of anilines is 1. The fourth-order valence-electron chi connectivity index (χ4n) is 2.43. The molecule has 0 radical (unpaired) electrons. The van der Waals surface area contributed by atoms with E-state index in [2.05, 4.69) is 5.32 Å². The molecule has 0 spiro atoms. The largest absolute Gasteiger partial charge is 0.467 e. The van der Waals surface area contributed by atoms with Crippen molar-refractivity contribution in [3.8, 4) is 0 Å². The molecule has 140 valence electrons. The Morgan fingerprint density at radius 3 is 2.33 bits per heavy atom. The van der Waals surface area contributed by atoms with Gasteiger partial charge in [-0.3, -0.25) is 9.10 Å². The predicted octanol–water partition coefficient (Wildman–Crippen LogP) is 2.93. The molecule has 3 aromatic rings. The van der Waals surface area contributed by atoms with Gasteiger partial charge in [0.25, 0.3) is 10.0 Å². The number of para-hydroxylation sites is 1. The second-order valence-corrected chi connectivity index (χ2v) is 7.52. The van der Waals surface area contributed by atoms with Crippen molar-refractivity contribution in [2.24, 2.45) is 0 Å². The second kappa shape index (κ2) is 8.05. The lowest BCUT2D eigenvalue weighted by atomic mass is 10.3. The van der Waals surface area contributed by atoms with E-state index in [1.54, 1.807) is 42.5 Å². The monoisotopic (exact) mass is 388 g/mol. The number of benzene rings is 2. The summed E-state index contributed by atoms with van der Waals surface area (Å²) in [6.45, 7) is -0.282. The third-order valence-corrected chi connectivity index (χ3v) is 5.56. The summed E-state index contributed by atoms with van der Waals surface area (Å²) in [5.41, 5.74) is 0.329. The number of nitrogens with one attached hydrogen (secondary N) is 1. The van der Waals surface area contributed by atoms with Crippen LogP contribution in [0.1, 0.15) is 5.76 Å². The average molecular weight is 388 g/mol. The molecular formula is C19H17FN2O4S. The minimum atomic E-state index is -4.06. The quantitative estimate of drug-likeness (QED) is 0.675.